The Morgan fingerprint density at radius 3 is 0.750 bits per heavy atom. The van der Waals surface area contributed by atoms with E-state index in [1.54, 1.807) is 0 Å². The number of unbranched alkanes of at least 4 members (excludes halogenated alkanes) is 30. The van der Waals surface area contributed by atoms with Gasteiger partial charge in [0.25, 0.3) is 0 Å². The second-order valence-electron chi connectivity index (χ2n) is 15.0. The molecule has 262 valence electrons. The molecule has 0 bridgehead atoms. The molecule has 2 heteroatoms. The van der Waals surface area contributed by atoms with E-state index in [0.717, 1.165) is 0 Å². The van der Waals surface area contributed by atoms with Crippen LogP contribution in [0.1, 0.15) is 233 Å². The van der Waals surface area contributed by atoms with Crippen molar-refractivity contribution in [1.82, 2.24) is 9.80 Å². The Kier molecular flexibility index (Phi) is 30.4. The smallest absolute Gasteiger partial charge is 0.103 e. The second kappa shape index (κ2) is 32.3. The first-order valence-electron chi connectivity index (χ1n) is 20.9. The van der Waals surface area contributed by atoms with Gasteiger partial charge in [0.2, 0.25) is 0 Å². The minimum atomic E-state index is 0.586. The molecule has 0 N–H and O–H groups in total. The van der Waals surface area contributed by atoms with Crippen molar-refractivity contribution in [3.8, 4) is 0 Å². The molecule has 1 atom stereocenters. The third-order valence-corrected chi connectivity index (χ3v) is 10.3. The summed E-state index contributed by atoms with van der Waals surface area (Å²) in [7, 11) is 0. The third-order valence-electron chi connectivity index (χ3n) is 10.3. The summed E-state index contributed by atoms with van der Waals surface area (Å²) in [5, 5.41) is 0. The molecule has 0 saturated carbocycles. The summed E-state index contributed by atoms with van der Waals surface area (Å²) in [4.78, 5) is 5.31. The van der Waals surface area contributed by atoms with Crippen LogP contribution in [0.25, 0.3) is 0 Å². The molecule has 2 nitrogen and oxygen atoms in total. The summed E-state index contributed by atoms with van der Waals surface area (Å²) in [5.41, 5.74) is 0. The van der Waals surface area contributed by atoms with E-state index in [9.17, 15) is 0 Å². The van der Waals surface area contributed by atoms with Gasteiger partial charge in [-0.1, -0.05) is 220 Å². The van der Waals surface area contributed by atoms with Crippen LogP contribution in [0, 0.1) is 5.92 Å². The molecule has 1 heterocycles. The molecule has 1 unspecified atom stereocenters. The maximum absolute atomic E-state index is 2.65. The van der Waals surface area contributed by atoms with Gasteiger partial charge in [0.15, 0.2) is 0 Å². The van der Waals surface area contributed by atoms with Crippen LogP contribution >= 0.6 is 0 Å². The molecule has 44 heavy (non-hydrogen) atoms. The molecule has 0 saturated heterocycles. The van der Waals surface area contributed by atoms with Crippen molar-refractivity contribution in [1.29, 1.82) is 0 Å². The van der Waals surface area contributed by atoms with Crippen LogP contribution in [0.2, 0.25) is 0 Å². The topological polar surface area (TPSA) is 6.48 Å². The molecule has 0 aromatic carbocycles. The fourth-order valence-electron chi connectivity index (χ4n) is 7.40. The third kappa shape index (κ3) is 24.6. The minimum Gasteiger partial charge on any atom is -0.356 e. The van der Waals surface area contributed by atoms with Crippen molar-refractivity contribution in [2.24, 2.45) is 5.92 Å². The molecule has 0 aromatic heterocycles. The van der Waals surface area contributed by atoms with Crippen LogP contribution in [-0.4, -0.2) is 29.1 Å². The number of nitrogens with zero attached hydrogens (tertiary/aromatic N) is 2. The molecular weight excluding hydrogens is 532 g/mol. The zero-order chi connectivity index (χ0) is 31.8. The highest BCUT2D eigenvalue weighted by Gasteiger charge is 2.28. The van der Waals surface area contributed by atoms with Gasteiger partial charge >= 0.3 is 0 Å². The number of hydrogen-bond donors (Lipinski definition) is 0. The summed E-state index contributed by atoms with van der Waals surface area (Å²) >= 11 is 0. The fourth-order valence-corrected chi connectivity index (χ4v) is 7.40. The van der Waals surface area contributed by atoms with Crippen molar-refractivity contribution in [3.63, 3.8) is 0 Å². The zero-order valence-electron chi connectivity index (χ0n) is 31.2. The standard InChI is InChI=1S/C42H84N2/c1-5-7-9-11-13-15-17-19-21-22-24-26-28-30-32-34-36-38-44-40-39-43(42(44)41(3)4)37-35-33-31-29-27-25-23-20-18-16-14-12-10-8-6-2/h39-42H,5-38H2,1-4H3. The fraction of sp³-hybridized carbons (Fsp3) is 0.952. The molecule has 0 spiro atoms. The summed E-state index contributed by atoms with van der Waals surface area (Å²) < 4.78 is 0. The lowest BCUT2D eigenvalue weighted by Gasteiger charge is -2.36. The Morgan fingerprint density at radius 1 is 0.341 bits per heavy atom. The van der Waals surface area contributed by atoms with Gasteiger partial charge in [0.1, 0.15) is 6.17 Å². The lowest BCUT2D eigenvalue weighted by atomic mass is 10.0. The predicted octanol–water partition coefficient (Wildman–Crippen LogP) is 14.6. The van der Waals surface area contributed by atoms with Crippen molar-refractivity contribution >= 4 is 0 Å². The molecule has 0 amide bonds. The van der Waals surface area contributed by atoms with E-state index in [4.69, 9.17) is 0 Å². The molecule has 1 rings (SSSR count). The maximum Gasteiger partial charge on any atom is 0.103 e. The van der Waals surface area contributed by atoms with E-state index in [2.05, 4.69) is 49.9 Å². The Hall–Kier alpha value is -0.660. The average molecular weight is 617 g/mol. The molecular formula is C42H84N2. The molecule has 1 aliphatic heterocycles. The van der Waals surface area contributed by atoms with E-state index >= 15 is 0 Å². The van der Waals surface area contributed by atoms with Crippen LogP contribution in [0.4, 0.5) is 0 Å². The van der Waals surface area contributed by atoms with Crippen molar-refractivity contribution < 1.29 is 0 Å². The van der Waals surface area contributed by atoms with Gasteiger partial charge in [-0.05, 0) is 18.8 Å². The van der Waals surface area contributed by atoms with E-state index in [1.165, 1.54) is 219 Å². The molecule has 1 aliphatic rings. The zero-order valence-corrected chi connectivity index (χ0v) is 31.2. The largest absolute Gasteiger partial charge is 0.356 e. The van der Waals surface area contributed by atoms with Gasteiger partial charge in [0, 0.05) is 25.5 Å². The first-order valence-corrected chi connectivity index (χ1v) is 20.9. The van der Waals surface area contributed by atoms with E-state index in [-0.39, 0.29) is 0 Å². The molecule has 0 aromatic rings. The first kappa shape index (κ1) is 41.4. The van der Waals surface area contributed by atoms with Crippen molar-refractivity contribution in [2.45, 2.75) is 239 Å². The molecule has 0 aliphatic carbocycles. The summed E-state index contributed by atoms with van der Waals surface area (Å²) in [6.07, 6.45) is 51.7. The average Bonchev–Trinajstić information content (AvgIpc) is 3.43. The maximum atomic E-state index is 2.65. The van der Waals surface area contributed by atoms with Crippen LogP contribution < -0.4 is 0 Å². The van der Waals surface area contributed by atoms with E-state index in [0.29, 0.717) is 12.1 Å². The highest BCUT2D eigenvalue weighted by Crippen LogP contribution is 2.24. The Bertz CT molecular complexity index is 584. The van der Waals surface area contributed by atoms with Gasteiger partial charge in [-0.3, -0.25) is 0 Å². The quantitative estimate of drug-likeness (QED) is 0.0654. The van der Waals surface area contributed by atoms with Crippen molar-refractivity contribution in [3.05, 3.63) is 12.4 Å². The highest BCUT2D eigenvalue weighted by molar-refractivity contribution is 4.98. The summed E-state index contributed by atoms with van der Waals surface area (Å²) in [6.45, 7) is 11.9. The summed E-state index contributed by atoms with van der Waals surface area (Å²) in [6, 6.07) is 0. The van der Waals surface area contributed by atoms with E-state index < -0.39 is 0 Å². The molecule has 0 fully saturated rings. The Balaban J connectivity index is 1.91. The van der Waals surface area contributed by atoms with Gasteiger partial charge in [-0.25, -0.2) is 0 Å². The predicted molar refractivity (Wildman–Crippen MR) is 200 cm³/mol. The Labute approximate surface area is 280 Å². The van der Waals surface area contributed by atoms with Gasteiger partial charge in [0.05, 0.1) is 0 Å². The van der Waals surface area contributed by atoms with Gasteiger partial charge < -0.3 is 9.80 Å². The lowest BCUT2D eigenvalue weighted by molar-refractivity contribution is 0.104. The SMILES string of the molecule is CCCCCCCCCCCCCCCCCCCN1C=CN(CCCCCCCCCCCCCCCCC)C1C(C)C. The van der Waals surface area contributed by atoms with Crippen LogP contribution in [-0.2, 0) is 0 Å². The van der Waals surface area contributed by atoms with Crippen LogP contribution in [0.15, 0.2) is 12.4 Å². The van der Waals surface area contributed by atoms with Gasteiger partial charge in [-0.15, -0.1) is 0 Å². The molecule has 0 radical (unpaired) electrons. The lowest BCUT2D eigenvalue weighted by Crippen LogP contribution is -2.43. The number of hydrogen-bond acceptors (Lipinski definition) is 2. The number of rotatable bonds is 35. The Morgan fingerprint density at radius 2 is 0.545 bits per heavy atom. The highest BCUT2D eigenvalue weighted by atomic mass is 15.4. The first-order chi connectivity index (χ1) is 21.7. The normalized spacial score (nSPS) is 15.0. The second-order valence-corrected chi connectivity index (χ2v) is 15.0. The van der Waals surface area contributed by atoms with Crippen LogP contribution in [0.5, 0.6) is 0 Å². The summed E-state index contributed by atoms with van der Waals surface area (Å²) in [5.74, 6) is 0.687. The van der Waals surface area contributed by atoms with Crippen molar-refractivity contribution in [2.75, 3.05) is 13.1 Å². The van der Waals surface area contributed by atoms with Crippen LogP contribution in [0.3, 0.4) is 0 Å². The van der Waals surface area contributed by atoms with Gasteiger partial charge in [-0.2, -0.15) is 0 Å². The monoisotopic (exact) mass is 617 g/mol. The van der Waals surface area contributed by atoms with E-state index in [1.807, 2.05) is 0 Å². The minimum absolute atomic E-state index is 0.586.